The van der Waals surface area contributed by atoms with Crippen molar-refractivity contribution in [3.8, 4) is 21.8 Å². The lowest BCUT2D eigenvalue weighted by Gasteiger charge is -2.09. The third-order valence-corrected chi connectivity index (χ3v) is 6.96. The third kappa shape index (κ3) is 4.72. The van der Waals surface area contributed by atoms with Crippen molar-refractivity contribution in [1.29, 1.82) is 0 Å². The van der Waals surface area contributed by atoms with E-state index < -0.39 is 21.6 Å². The van der Waals surface area contributed by atoms with E-state index in [0.717, 1.165) is 29.0 Å². The fourth-order valence-electron chi connectivity index (χ4n) is 3.02. The van der Waals surface area contributed by atoms with E-state index in [2.05, 4.69) is 10.3 Å². The number of amides is 1. The molecule has 0 aliphatic heterocycles. The van der Waals surface area contributed by atoms with Gasteiger partial charge in [-0.05, 0) is 36.4 Å². The predicted octanol–water partition coefficient (Wildman–Crippen LogP) is 5.93. The van der Waals surface area contributed by atoms with Crippen LogP contribution in [0.2, 0.25) is 5.02 Å². The van der Waals surface area contributed by atoms with Crippen LogP contribution < -0.4 is 5.32 Å². The van der Waals surface area contributed by atoms with Crippen LogP contribution in [-0.2, 0) is 9.84 Å². The van der Waals surface area contributed by atoms with Crippen LogP contribution in [0, 0.1) is 5.82 Å². The van der Waals surface area contributed by atoms with E-state index in [-0.39, 0.29) is 10.5 Å². The van der Waals surface area contributed by atoms with Gasteiger partial charge >= 0.3 is 0 Å². The number of halogens is 2. The molecule has 32 heavy (non-hydrogen) atoms. The van der Waals surface area contributed by atoms with Crippen molar-refractivity contribution >= 4 is 44.4 Å². The van der Waals surface area contributed by atoms with Gasteiger partial charge in [-0.2, -0.15) is 0 Å². The topological polar surface area (TPSA) is 76.1 Å². The molecule has 1 N–H and O–H groups in total. The Labute approximate surface area is 193 Å². The van der Waals surface area contributed by atoms with Crippen LogP contribution in [0.15, 0.2) is 77.0 Å². The zero-order valence-electron chi connectivity index (χ0n) is 16.7. The molecule has 1 heterocycles. The fraction of sp³-hybridized carbons (Fsp3) is 0.0435. The molecule has 1 amide bonds. The predicted molar refractivity (Wildman–Crippen MR) is 125 cm³/mol. The summed E-state index contributed by atoms with van der Waals surface area (Å²) in [5, 5.41) is 5.72. The molecular weight excluding hydrogens is 471 g/mol. The van der Waals surface area contributed by atoms with Gasteiger partial charge in [0.1, 0.15) is 10.8 Å². The molecule has 0 saturated heterocycles. The maximum absolute atomic E-state index is 14.3. The lowest BCUT2D eigenvalue weighted by molar-refractivity contribution is 0.102. The SMILES string of the molecule is CS(=O)(=O)c1ccc(C(=O)Nc2ccc(-c3csc(-c4ccccc4)n3)c(Cl)c2)c(F)c1. The van der Waals surface area contributed by atoms with E-state index in [1.807, 2.05) is 35.7 Å². The second-order valence-electron chi connectivity index (χ2n) is 6.97. The molecule has 3 aromatic carbocycles. The number of hydrogen-bond acceptors (Lipinski definition) is 5. The third-order valence-electron chi connectivity index (χ3n) is 4.64. The molecule has 1 aromatic heterocycles. The second-order valence-corrected chi connectivity index (χ2v) is 10.2. The van der Waals surface area contributed by atoms with Crippen molar-refractivity contribution in [3.63, 3.8) is 0 Å². The normalized spacial score (nSPS) is 11.3. The van der Waals surface area contributed by atoms with Gasteiger partial charge in [-0.15, -0.1) is 11.3 Å². The quantitative estimate of drug-likeness (QED) is 0.379. The molecule has 0 spiro atoms. The van der Waals surface area contributed by atoms with Gasteiger partial charge in [-0.1, -0.05) is 41.9 Å². The maximum atomic E-state index is 14.3. The van der Waals surface area contributed by atoms with Crippen LogP contribution >= 0.6 is 22.9 Å². The lowest BCUT2D eigenvalue weighted by Crippen LogP contribution is -2.14. The van der Waals surface area contributed by atoms with Gasteiger partial charge in [0.25, 0.3) is 5.91 Å². The Hall–Kier alpha value is -3.07. The molecule has 0 fully saturated rings. The first-order valence-electron chi connectivity index (χ1n) is 9.34. The van der Waals surface area contributed by atoms with Gasteiger partial charge in [-0.25, -0.2) is 17.8 Å². The van der Waals surface area contributed by atoms with Crippen LogP contribution in [0.4, 0.5) is 10.1 Å². The van der Waals surface area contributed by atoms with E-state index >= 15 is 0 Å². The van der Waals surface area contributed by atoms with Gasteiger partial charge in [-0.3, -0.25) is 4.79 Å². The molecular formula is C23H16ClFN2O3S2. The Morgan fingerprint density at radius 1 is 1.06 bits per heavy atom. The number of sulfone groups is 1. The smallest absolute Gasteiger partial charge is 0.258 e. The summed E-state index contributed by atoms with van der Waals surface area (Å²) in [6, 6.07) is 17.9. The zero-order chi connectivity index (χ0) is 22.9. The molecule has 4 aromatic rings. The second kappa shape index (κ2) is 8.82. The molecule has 4 rings (SSSR count). The number of hydrogen-bond donors (Lipinski definition) is 1. The number of carbonyl (C=O) groups excluding carboxylic acids is 1. The van der Waals surface area contributed by atoms with Crippen molar-refractivity contribution in [3.05, 3.63) is 88.5 Å². The summed E-state index contributed by atoms with van der Waals surface area (Å²) in [5.74, 6) is -1.64. The van der Waals surface area contributed by atoms with Gasteiger partial charge in [0.2, 0.25) is 0 Å². The van der Waals surface area contributed by atoms with E-state index in [9.17, 15) is 17.6 Å². The first-order valence-corrected chi connectivity index (χ1v) is 12.5. The van der Waals surface area contributed by atoms with Crippen LogP contribution in [0.25, 0.3) is 21.8 Å². The number of carbonyl (C=O) groups is 1. The summed E-state index contributed by atoms with van der Waals surface area (Å²) in [5.41, 5.74) is 2.51. The van der Waals surface area contributed by atoms with Crippen molar-refractivity contribution < 1.29 is 17.6 Å². The lowest BCUT2D eigenvalue weighted by atomic mass is 10.1. The van der Waals surface area contributed by atoms with Crippen LogP contribution in [0.1, 0.15) is 10.4 Å². The first-order chi connectivity index (χ1) is 15.2. The molecule has 5 nitrogen and oxygen atoms in total. The monoisotopic (exact) mass is 486 g/mol. The largest absolute Gasteiger partial charge is 0.322 e. The molecule has 0 bridgehead atoms. The molecule has 162 valence electrons. The Bertz CT molecular complexity index is 1420. The minimum absolute atomic E-state index is 0.197. The molecule has 0 aliphatic carbocycles. The summed E-state index contributed by atoms with van der Waals surface area (Å²) in [6.07, 6.45) is 0.968. The minimum atomic E-state index is -3.57. The molecule has 0 radical (unpaired) electrons. The van der Waals surface area contributed by atoms with E-state index in [1.165, 1.54) is 17.4 Å². The van der Waals surface area contributed by atoms with Crippen LogP contribution in [0.3, 0.4) is 0 Å². The summed E-state index contributed by atoms with van der Waals surface area (Å²) >= 11 is 7.92. The van der Waals surface area contributed by atoms with Crippen molar-refractivity contribution in [2.75, 3.05) is 11.6 Å². The van der Waals surface area contributed by atoms with Crippen LogP contribution in [-0.4, -0.2) is 25.6 Å². The van der Waals surface area contributed by atoms with Gasteiger partial charge in [0.05, 0.1) is 21.2 Å². The molecule has 0 atom stereocenters. The minimum Gasteiger partial charge on any atom is -0.322 e. The van der Waals surface area contributed by atoms with Crippen molar-refractivity contribution in [1.82, 2.24) is 4.98 Å². The van der Waals surface area contributed by atoms with Crippen LogP contribution in [0.5, 0.6) is 0 Å². The zero-order valence-corrected chi connectivity index (χ0v) is 19.1. The average Bonchev–Trinajstić information content (AvgIpc) is 3.23. The van der Waals surface area contributed by atoms with Crippen molar-refractivity contribution in [2.45, 2.75) is 4.90 Å². The molecule has 0 aliphatic rings. The number of nitrogens with one attached hydrogen (secondary N) is 1. The summed E-state index contributed by atoms with van der Waals surface area (Å²) in [4.78, 5) is 16.9. The number of aromatic nitrogens is 1. The number of anilines is 1. The Kier molecular flexibility index (Phi) is 6.10. The first kappa shape index (κ1) is 22.1. The molecule has 0 unspecified atom stereocenters. The van der Waals surface area contributed by atoms with E-state index in [1.54, 1.807) is 18.2 Å². The Morgan fingerprint density at radius 2 is 1.81 bits per heavy atom. The average molecular weight is 487 g/mol. The summed E-state index contributed by atoms with van der Waals surface area (Å²) < 4.78 is 37.4. The highest BCUT2D eigenvalue weighted by Crippen LogP contribution is 2.34. The number of rotatable bonds is 5. The number of nitrogens with zero attached hydrogens (tertiary/aromatic N) is 1. The number of thiazole rings is 1. The van der Waals surface area contributed by atoms with E-state index in [0.29, 0.717) is 22.0 Å². The van der Waals surface area contributed by atoms with Gasteiger partial charge in [0.15, 0.2) is 9.84 Å². The summed E-state index contributed by atoms with van der Waals surface area (Å²) in [6.45, 7) is 0. The molecule has 0 saturated carbocycles. The highest BCUT2D eigenvalue weighted by molar-refractivity contribution is 7.90. The standard InChI is InChI=1S/C23H16ClFN2O3S2/c1-32(29,30)16-8-10-18(20(25)12-16)22(28)26-15-7-9-17(19(24)11-15)21-13-31-23(27-21)14-5-3-2-4-6-14/h2-13H,1H3,(H,26,28). The molecule has 9 heteroatoms. The Morgan fingerprint density at radius 3 is 2.47 bits per heavy atom. The highest BCUT2D eigenvalue weighted by Gasteiger charge is 2.17. The van der Waals surface area contributed by atoms with Gasteiger partial charge < -0.3 is 5.32 Å². The highest BCUT2D eigenvalue weighted by atomic mass is 35.5. The van der Waals surface area contributed by atoms with Crippen molar-refractivity contribution in [2.24, 2.45) is 0 Å². The summed E-state index contributed by atoms with van der Waals surface area (Å²) in [7, 11) is -3.57. The maximum Gasteiger partial charge on any atom is 0.258 e. The van der Waals surface area contributed by atoms with E-state index in [4.69, 9.17) is 11.6 Å². The number of benzene rings is 3. The Balaban J connectivity index is 1.54. The van der Waals surface area contributed by atoms with Gasteiger partial charge in [0, 0.05) is 28.5 Å². The fourth-order valence-corrected chi connectivity index (χ4v) is 4.76.